The van der Waals surface area contributed by atoms with Gasteiger partial charge in [0, 0.05) is 19.1 Å². The van der Waals surface area contributed by atoms with Gasteiger partial charge in [-0.05, 0) is 35.9 Å². The summed E-state index contributed by atoms with van der Waals surface area (Å²) in [4.78, 5) is 2.35. The zero-order valence-corrected chi connectivity index (χ0v) is 9.89. The van der Waals surface area contributed by atoms with Crippen LogP contribution >= 0.6 is 11.3 Å². The van der Waals surface area contributed by atoms with Crippen LogP contribution < -0.4 is 5.73 Å². The van der Waals surface area contributed by atoms with E-state index in [1.54, 1.807) is 11.3 Å². The highest BCUT2D eigenvalue weighted by Gasteiger charge is 2.11. The number of hydrogen-bond acceptors (Lipinski definition) is 3. The molecule has 0 spiro atoms. The number of likely N-dealkylation sites (N-methyl/N-ethyl adjacent to an activating group) is 1. The second kappa shape index (κ2) is 6.17. The summed E-state index contributed by atoms with van der Waals surface area (Å²) >= 11 is 1.76. The van der Waals surface area contributed by atoms with Crippen molar-refractivity contribution in [1.82, 2.24) is 4.90 Å². The molecule has 1 atom stereocenters. The normalized spacial score (nSPS) is 13.4. The van der Waals surface area contributed by atoms with E-state index in [4.69, 9.17) is 5.73 Å². The molecule has 14 heavy (non-hydrogen) atoms. The molecule has 1 heterocycles. The molecule has 0 fully saturated rings. The highest BCUT2D eigenvalue weighted by molar-refractivity contribution is 7.07. The zero-order valence-electron chi connectivity index (χ0n) is 9.07. The van der Waals surface area contributed by atoms with Gasteiger partial charge in [-0.2, -0.15) is 11.3 Å². The number of hydrogen-bond donors (Lipinski definition) is 1. The molecule has 2 nitrogen and oxygen atoms in total. The predicted octanol–water partition coefficient (Wildman–Crippen LogP) is 2.31. The average Bonchev–Trinajstić information content (AvgIpc) is 2.66. The molecule has 2 N–H and O–H groups in total. The third-order valence-electron chi connectivity index (χ3n) is 2.53. The summed E-state index contributed by atoms with van der Waals surface area (Å²) in [5, 5.41) is 4.33. The molecule has 1 rings (SSSR count). The van der Waals surface area contributed by atoms with Crippen molar-refractivity contribution in [2.75, 3.05) is 13.6 Å². The number of nitrogens with zero attached hydrogens (tertiary/aromatic N) is 1. The smallest absolute Gasteiger partial charge is 0.0242 e. The Kier molecular flexibility index (Phi) is 5.15. The van der Waals surface area contributed by atoms with Crippen molar-refractivity contribution in [3.63, 3.8) is 0 Å². The molecule has 1 unspecified atom stereocenters. The number of nitrogens with two attached hydrogens (primary N) is 1. The molecule has 0 aliphatic heterocycles. The summed E-state index contributed by atoms with van der Waals surface area (Å²) in [6.07, 6.45) is 2.40. The standard InChI is InChI=1S/C11H20N2S/c1-3-4-11(7-12)13(2)8-10-5-6-14-9-10/h5-6,9,11H,3-4,7-8,12H2,1-2H3. The van der Waals surface area contributed by atoms with Crippen LogP contribution in [0.25, 0.3) is 0 Å². The van der Waals surface area contributed by atoms with Crippen LogP contribution in [0.3, 0.4) is 0 Å². The van der Waals surface area contributed by atoms with Crippen molar-refractivity contribution in [3.8, 4) is 0 Å². The van der Waals surface area contributed by atoms with Crippen molar-refractivity contribution in [3.05, 3.63) is 22.4 Å². The van der Waals surface area contributed by atoms with E-state index in [1.807, 2.05) is 0 Å². The maximum absolute atomic E-state index is 5.75. The fourth-order valence-corrected chi connectivity index (χ4v) is 2.31. The molecule has 0 amide bonds. The van der Waals surface area contributed by atoms with Gasteiger partial charge in [0.05, 0.1) is 0 Å². The van der Waals surface area contributed by atoms with Gasteiger partial charge in [0.1, 0.15) is 0 Å². The molecule has 80 valence electrons. The van der Waals surface area contributed by atoms with E-state index < -0.39 is 0 Å². The Hall–Kier alpha value is -0.380. The van der Waals surface area contributed by atoms with Gasteiger partial charge in [-0.15, -0.1) is 0 Å². The van der Waals surface area contributed by atoms with E-state index in [0.717, 1.165) is 13.1 Å². The van der Waals surface area contributed by atoms with E-state index in [-0.39, 0.29) is 0 Å². The largest absolute Gasteiger partial charge is 0.329 e. The maximum atomic E-state index is 5.75. The van der Waals surface area contributed by atoms with Crippen LogP contribution in [-0.2, 0) is 6.54 Å². The summed E-state index contributed by atoms with van der Waals surface area (Å²) in [5.41, 5.74) is 7.15. The fourth-order valence-electron chi connectivity index (χ4n) is 1.65. The van der Waals surface area contributed by atoms with E-state index in [1.165, 1.54) is 18.4 Å². The molecule has 1 aromatic heterocycles. The Morgan fingerprint density at radius 1 is 1.57 bits per heavy atom. The highest BCUT2D eigenvalue weighted by atomic mass is 32.1. The molecule has 0 radical (unpaired) electrons. The van der Waals surface area contributed by atoms with Crippen LogP contribution in [0.4, 0.5) is 0 Å². The molecular weight excluding hydrogens is 192 g/mol. The lowest BCUT2D eigenvalue weighted by atomic mass is 10.1. The molecule has 0 aromatic carbocycles. The third kappa shape index (κ3) is 3.40. The summed E-state index contributed by atoms with van der Waals surface area (Å²) < 4.78 is 0. The van der Waals surface area contributed by atoms with Crippen molar-refractivity contribution in [1.29, 1.82) is 0 Å². The first kappa shape index (κ1) is 11.7. The van der Waals surface area contributed by atoms with Crippen LogP contribution in [0.2, 0.25) is 0 Å². The molecule has 1 aromatic rings. The first-order valence-corrected chi connectivity index (χ1v) is 6.13. The Morgan fingerprint density at radius 2 is 2.36 bits per heavy atom. The van der Waals surface area contributed by atoms with Crippen molar-refractivity contribution >= 4 is 11.3 Å². The Balaban J connectivity index is 2.43. The van der Waals surface area contributed by atoms with Crippen LogP contribution in [-0.4, -0.2) is 24.5 Å². The third-order valence-corrected chi connectivity index (χ3v) is 3.26. The van der Waals surface area contributed by atoms with Crippen LogP contribution in [0, 0.1) is 0 Å². The lowest BCUT2D eigenvalue weighted by Gasteiger charge is -2.26. The van der Waals surface area contributed by atoms with Crippen LogP contribution in [0.15, 0.2) is 16.8 Å². The van der Waals surface area contributed by atoms with E-state index in [2.05, 4.69) is 35.7 Å². The minimum absolute atomic E-state index is 0.528. The first-order chi connectivity index (χ1) is 6.77. The summed E-state index contributed by atoms with van der Waals surface area (Å²) in [7, 11) is 2.16. The van der Waals surface area contributed by atoms with Crippen LogP contribution in [0.5, 0.6) is 0 Å². The van der Waals surface area contributed by atoms with Gasteiger partial charge in [0.15, 0.2) is 0 Å². The second-order valence-corrected chi connectivity index (χ2v) is 4.50. The Morgan fingerprint density at radius 3 is 2.86 bits per heavy atom. The Labute approximate surface area is 90.7 Å². The number of thiophene rings is 1. The second-order valence-electron chi connectivity index (χ2n) is 3.72. The Bertz CT molecular complexity index is 233. The molecule has 0 saturated heterocycles. The lowest BCUT2D eigenvalue weighted by Crippen LogP contribution is -2.37. The van der Waals surface area contributed by atoms with E-state index in [0.29, 0.717) is 6.04 Å². The molecule has 0 aliphatic carbocycles. The van der Waals surface area contributed by atoms with Gasteiger partial charge in [-0.25, -0.2) is 0 Å². The zero-order chi connectivity index (χ0) is 10.4. The highest BCUT2D eigenvalue weighted by Crippen LogP contribution is 2.12. The lowest BCUT2D eigenvalue weighted by molar-refractivity contribution is 0.226. The summed E-state index contributed by atoms with van der Waals surface area (Å²) in [6.45, 7) is 3.99. The van der Waals surface area contributed by atoms with Gasteiger partial charge in [-0.3, -0.25) is 4.90 Å². The van der Waals surface area contributed by atoms with Gasteiger partial charge in [-0.1, -0.05) is 13.3 Å². The molecular formula is C11H20N2S. The van der Waals surface area contributed by atoms with Crippen molar-refractivity contribution in [2.24, 2.45) is 5.73 Å². The van der Waals surface area contributed by atoms with E-state index >= 15 is 0 Å². The SMILES string of the molecule is CCCC(CN)N(C)Cc1ccsc1. The van der Waals surface area contributed by atoms with Crippen molar-refractivity contribution < 1.29 is 0 Å². The summed E-state index contributed by atoms with van der Waals surface area (Å²) in [5.74, 6) is 0. The van der Waals surface area contributed by atoms with Gasteiger partial charge in [0.2, 0.25) is 0 Å². The van der Waals surface area contributed by atoms with Crippen molar-refractivity contribution in [2.45, 2.75) is 32.4 Å². The first-order valence-electron chi connectivity index (χ1n) is 5.19. The predicted molar refractivity (Wildman–Crippen MR) is 63.5 cm³/mol. The fraction of sp³-hybridized carbons (Fsp3) is 0.636. The summed E-state index contributed by atoms with van der Waals surface area (Å²) in [6, 6.07) is 2.71. The van der Waals surface area contributed by atoms with E-state index in [9.17, 15) is 0 Å². The van der Waals surface area contributed by atoms with Gasteiger partial charge < -0.3 is 5.73 Å². The maximum Gasteiger partial charge on any atom is 0.0242 e. The number of rotatable bonds is 6. The molecule has 0 aliphatic rings. The monoisotopic (exact) mass is 212 g/mol. The van der Waals surface area contributed by atoms with Crippen LogP contribution in [0.1, 0.15) is 25.3 Å². The average molecular weight is 212 g/mol. The van der Waals surface area contributed by atoms with Gasteiger partial charge >= 0.3 is 0 Å². The minimum Gasteiger partial charge on any atom is -0.329 e. The quantitative estimate of drug-likeness (QED) is 0.784. The van der Waals surface area contributed by atoms with Gasteiger partial charge in [0.25, 0.3) is 0 Å². The topological polar surface area (TPSA) is 29.3 Å². The molecule has 3 heteroatoms. The molecule has 0 bridgehead atoms. The minimum atomic E-state index is 0.528. The molecule has 0 saturated carbocycles.